The average molecular weight is 362 g/mol. The van der Waals surface area contributed by atoms with E-state index in [1.165, 1.54) is 6.33 Å². The van der Waals surface area contributed by atoms with Crippen molar-refractivity contribution in [3.63, 3.8) is 0 Å². The molecule has 3 aromatic heterocycles. The molecule has 0 atom stereocenters. The van der Waals surface area contributed by atoms with E-state index in [1.54, 1.807) is 24.0 Å². The van der Waals surface area contributed by atoms with Gasteiger partial charge in [-0.3, -0.25) is 4.79 Å². The fraction of sp³-hybridized carbons (Fsp3) is 0.211. The molecule has 0 bridgehead atoms. The number of fused-ring (bicyclic) bond motifs is 1. The number of nitrogens with zero attached hydrogens (tertiary/aromatic N) is 5. The van der Waals surface area contributed by atoms with Crippen LogP contribution in [-0.2, 0) is 13.0 Å². The molecular formula is C19H18N6O2. The molecule has 1 amide bonds. The summed E-state index contributed by atoms with van der Waals surface area (Å²) in [6, 6.07) is 9.43. The highest BCUT2D eigenvalue weighted by atomic mass is 16.5. The van der Waals surface area contributed by atoms with Gasteiger partial charge in [-0.15, -0.1) is 0 Å². The Morgan fingerprint density at radius 3 is 2.96 bits per heavy atom. The van der Waals surface area contributed by atoms with Gasteiger partial charge in [-0.05, 0) is 37.1 Å². The molecule has 4 rings (SSSR count). The van der Waals surface area contributed by atoms with E-state index >= 15 is 0 Å². The van der Waals surface area contributed by atoms with E-state index in [2.05, 4.69) is 25.5 Å². The summed E-state index contributed by atoms with van der Waals surface area (Å²) in [4.78, 5) is 21.3. The lowest BCUT2D eigenvalue weighted by Gasteiger charge is -2.09. The van der Waals surface area contributed by atoms with E-state index in [0.29, 0.717) is 41.0 Å². The Hall–Kier alpha value is -3.55. The Balaban J connectivity index is 1.63. The van der Waals surface area contributed by atoms with Gasteiger partial charge >= 0.3 is 0 Å². The van der Waals surface area contributed by atoms with Gasteiger partial charge in [0.25, 0.3) is 11.6 Å². The third kappa shape index (κ3) is 3.41. The summed E-state index contributed by atoms with van der Waals surface area (Å²) in [7, 11) is 0. The van der Waals surface area contributed by atoms with Crippen LogP contribution in [-0.4, -0.2) is 30.8 Å². The van der Waals surface area contributed by atoms with Gasteiger partial charge in [0.05, 0.1) is 23.2 Å². The largest absolute Gasteiger partial charge is 0.336 e. The van der Waals surface area contributed by atoms with Gasteiger partial charge < -0.3 is 9.84 Å². The van der Waals surface area contributed by atoms with Gasteiger partial charge in [0.15, 0.2) is 0 Å². The number of carbonyl (C=O) groups excluding carboxylic acids is 1. The quantitative estimate of drug-likeness (QED) is 0.586. The summed E-state index contributed by atoms with van der Waals surface area (Å²) < 4.78 is 6.98. The molecule has 4 aromatic rings. The molecule has 0 unspecified atom stereocenters. The number of nitrogens with one attached hydrogen (secondary N) is 1. The number of aryl methyl sites for hydroxylation is 2. The molecule has 3 heterocycles. The van der Waals surface area contributed by atoms with E-state index in [9.17, 15) is 4.79 Å². The topological polar surface area (TPSA) is 98.7 Å². The highest BCUT2D eigenvalue weighted by Crippen LogP contribution is 2.23. The van der Waals surface area contributed by atoms with Crippen LogP contribution in [0, 0.1) is 6.92 Å². The Morgan fingerprint density at radius 2 is 2.19 bits per heavy atom. The molecule has 0 aliphatic rings. The Morgan fingerprint density at radius 1 is 1.30 bits per heavy atom. The van der Waals surface area contributed by atoms with Crippen LogP contribution in [0.5, 0.6) is 0 Å². The van der Waals surface area contributed by atoms with Crippen LogP contribution >= 0.6 is 0 Å². The number of rotatable bonds is 5. The van der Waals surface area contributed by atoms with Crippen LogP contribution in [0.2, 0.25) is 0 Å². The second-order valence-electron chi connectivity index (χ2n) is 6.21. The second kappa shape index (κ2) is 6.99. The minimum atomic E-state index is -0.221. The molecule has 0 saturated heterocycles. The molecule has 0 spiro atoms. The highest BCUT2D eigenvalue weighted by Gasteiger charge is 2.18. The number of aromatic nitrogens is 5. The van der Waals surface area contributed by atoms with Crippen molar-refractivity contribution in [2.75, 3.05) is 5.32 Å². The first-order valence-corrected chi connectivity index (χ1v) is 8.62. The number of hydrogen-bond acceptors (Lipinski definition) is 6. The predicted octanol–water partition coefficient (Wildman–Crippen LogP) is 2.99. The van der Waals surface area contributed by atoms with E-state index in [0.717, 1.165) is 11.3 Å². The van der Waals surface area contributed by atoms with E-state index in [1.807, 2.05) is 31.2 Å². The zero-order chi connectivity index (χ0) is 18.8. The van der Waals surface area contributed by atoms with Crippen LogP contribution in [0.25, 0.3) is 11.1 Å². The van der Waals surface area contributed by atoms with Crippen molar-refractivity contribution in [1.82, 2.24) is 24.9 Å². The lowest BCUT2D eigenvalue weighted by Crippen LogP contribution is -2.14. The van der Waals surface area contributed by atoms with Crippen molar-refractivity contribution in [1.29, 1.82) is 0 Å². The first-order valence-electron chi connectivity index (χ1n) is 8.62. The van der Waals surface area contributed by atoms with Gasteiger partial charge in [0.1, 0.15) is 12.7 Å². The maximum Gasteiger partial charge on any atom is 0.258 e. The van der Waals surface area contributed by atoms with Crippen LogP contribution < -0.4 is 5.32 Å². The lowest BCUT2D eigenvalue weighted by atomic mass is 10.1. The van der Waals surface area contributed by atoms with Gasteiger partial charge in [-0.25, -0.2) is 14.6 Å². The monoisotopic (exact) mass is 362 g/mol. The summed E-state index contributed by atoms with van der Waals surface area (Å²) in [6.45, 7) is 4.36. The fourth-order valence-electron chi connectivity index (χ4n) is 2.95. The number of hydrogen-bond donors (Lipinski definition) is 1. The molecule has 27 heavy (non-hydrogen) atoms. The molecule has 136 valence electrons. The number of benzene rings is 1. The van der Waals surface area contributed by atoms with Gasteiger partial charge in [0.2, 0.25) is 0 Å². The lowest BCUT2D eigenvalue weighted by molar-refractivity contribution is 0.102. The van der Waals surface area contributed by atoms with Crippen LogP contribution in [0.15, 0.2) is 47.5 Å². The van der Waals surface area contributed by atoms with Crippen molar-refractivity contribution in [2.24, 2.45) is 0 Å². The van der Waals surface area contributed by atoms with Crippen molar-refractivity contribution in [2.45, 2.75) is 26.8 Å². The molecule has 0 saturated carbocycles. The summed E-state index contributed by atoms with van der Waals surface area (Å²) in [5.41, 5.74) is 4.03. The summed E-state index contributed by atoms with van der Waals surface area (Å²) in [5.74, 6) is -0.221. The number of anilines is 1. The van der Waals surface area contributed by atoms with E-state index < -0.39 is 0 Å². The number of amides is 1. The second-order valence-corrected chi connectivity index (χ2v) is 6.21. The third-order valence-electron chi connectivity index (χ3n) is 4.27. The first kappa shape index (κ1) is 16.9. The zero-order valence-corrected chi connectivity index (χ0v) is 15.0. The van der Waals surface area contributed by atoms with Gasteiger partial charge in [-0.1, -0.05) is 24.2 Å². The molecule has 0 radical (unpaired) electrons. The Labute approximate surface area is 155 Å². The average Bonchev–Trinajstić information content (AvgIpc) is 3.31. The molecule has 8 heteroatoms. The number of pyridine rings is 1. The van der Waals surface area contributed by atoms with Crippen LogP contribution in [0.3, 0.4) is 0 Å². The number of carbonyl (C=O) groups is 1. The normalized spacial score (nSPS) is 11.0. The molecule has 0 fully saturated rings. The zero-order valence-electron chi connectivity index (χ0n) is 15.0. The summed E-state index contributed by atoms with van der Waals surface area (Å²) in [5, 5.41) is 11.6. The highest BCUT2D eigenvalue weighted by molar-refractivity contribution is 6.12. The van der Waals surface area contributed by atoms with Crippen molar-refractivity contribution < 1.29 is 9.32 Å². The molecule has 0 aliphatic heterocycles. The smallest absolute Gasteiger partial charge is 0.258 e. The van der Waals surface area contributed by atoms with Crippen LogP contribution in [0.4, 0.5) is 5.69 Å². The Kier molecular flexibility index (Phi) is 4.37. The van der Waals surface area contributed by atoms with Crippen molar-refractivity contribution >= 4 is 22.7 Å². The van der Waals surface area contributed by atoms with E-state index in [4.69, 9.17) is 4.52 Å². The standard InChI is InChI=1S/C19H18N6O2/c1-3-14-8-16(17-12(2)24-27-19(17)23-14)18(26)22-15-6-4-5-13(7-15)9-25-11-20-10-21-25/h4-8,10-11H,3,9H2,1-2H3,(H,22,26). The molecule has 1 aromatic carbocycles. The predicted molar refractivity (Wildman–Crippen MR) is 99.4 cm³/mol. The maximum absolute atomic E-state index is 12.9. The summed E-state index contributed by atoms with van der Waals surface area (Å²) >= 11 is 0. The Bertz CT molecular complexity index is 1100. The SMILES string of the molecule is CCc1cc(C(=O)Nc2cccc(Cn3cncn3)c2)c2c(C)noc2n1. The van der Waals surface area contributed by atoms with Gasteiger partial charge in [0, 0.05) is 11.4 Å². The summed E-state index contributed by atoms with van der Waals surface area (Å²) in [6.07, 6.45) is 3.84. The molecule has 8 nitrogen and oxygen atoms in total. The van der Waals surface area contributed by atoms with Crippen LogP contribution in [0.1, 0.15) is 34.2 Å². The van der Waals surface area contributed by atoms with Crippen molar-refractivity contribution in [3.05, 3.63) is 65.5 Å². The molecule has 0 aliphatic carbocycles. The minimum absolute atomic E-state index is 0.221. The minimum Gasteiger partial charge on any atom is -0.336 e. The van der Waals surface area contributed by atoms with E-state index in [-0.39, 0.29) is 5.91 Å². The first-order chi connectivity index (χ1) is 13.1. The fourth-order valence-corrected chi connectivity index (χ4v) is 2.95. The van der Waals surface area contributed by atoms with Gasteiger partial charge in [-0.2, -0.15) is 5.10 Å². The molecular weight excluding hydrogens is 344 g/mol. The molecule has 1 N–H and O–H groups in total. The third-order valence-corrected chi connectivity index (χ3v) is 4.27. The maximum atomic E-state index is 12.9. The van der Waals surface area contributed by atoms with Crippen molar-refractivity contribution in [3.8, 4) is 0 Å².